The van der Waals surface area contributed by atoms with E-state index < -0.39 is 0 Å². The molecule has 0 bridgehead atoms. The molecule has 0 fully saturated rings. The van der Waals surface area contributed by atoms with E-state index in [2.05, 4.69) is 140 Å². The zero-order valence-corrected chi connectivity index (χ0v) is 22.4. The lowest BCUT2D eigenvalue weighted by molar-refractivity contribution is 0.713. The Morgan fingerprint density at radius 1 is 0.641 bits per heavy atom. The van der Waals surface area contributed by atoms with Gasteiger partial charge < -0.3 is 4.90 Å². The Balaban J connectivity index is 1.72. The number of allylic oxidation sites excluding steroid dienone is 7. The van der Waals surface area contributed by atoms with Crippen LogP contribution in [0.5, 0.6) is 0 Å². The molecule has 4 aromatic carbocycles. The van der Waals surface area contributed by atoms with Crippen molar-refractivity contribution >= 4 is 28.7 Å². The van der Waals surface area contributed by atoms with Crippen LogP contribution in [0.25, 0.3) is 11.6 Å². The lowest BCUT2D eigenvalue weighted by Crippen LogP contribution is -2.10. The Bertz CT molecular complexity index is 1470. The minimum absolute atomic E-state index is 0.129. The van der Waals surface area contributed by atoms with Crippen LogP contribution in [0.2, 0.25) is 0 Å². The fourth-order valence-corrected chi connectivity index (χ4v) is 4.78. The molecule has 4 rings (SSSR count). The Hall–Kier alpha value is -4.88. The average Bonchev–Trinajstić information content (AvgIpc) is 2.99. The van der Waals surface area contributed by atoms with Crippen molar-refractivity contribution in [1.29, 1.82) is 0 Å². The van der Waals surface area contributed by atoms with Gasteiger partial charge in [-0.3, -0.25) is 0 Å². The standard InChI is InChI=1S/C38H35N/c1-5-17-31(6-2)34-21-16-25-37(29-34)39(35-22-13-10-14-23-35)36-24-15-18-30(28-36)26-27-32(7-3)38(8-4)33-19-11-9-12-20-33/h5-29,32,38H,1-4H2/b27-26+,31-17+. The van der Waals surface area contributed by atoms with E-state index >= 15 is 0 Å². The molecule has 1 heteroatoms. The maximum Gasteiger partial charge on any atom is 0.0467 e. The van der Waals surface area contributed by atoms with Crippen LogP contribution in [0.1, 0.15) is 22.6 Å². The minimum atomic E-state index is 0.129. The number of anilines is 3. The Kier molecular flexibility index (Phi) is 9.47. The SMILES string of the molecule is C=C/C=C(\C=C)c1cccc(N(c2ccccc2)c2cccc(/C=C/C(C=C)C(C=C)c3ccccc3)c2)c1. The van der Waals surface area contributed by atoms with Crippen LogP contribution in [0, 0.1) is 5.92 Å². The molecule has 1 nitrogen and oxygen atoms in total. The Labute approximate surface area is 233 Å². The van der Waals surface area contributed by atoms with Crippen molar-refractivity contribution in [3.05, 3.63) is 189 Å². The van der Waals surface area contributed by atoms with Crippen molar-refractivity contribution in [2.24, 2.45) is 5.92 Å². The third-order valence-corrected chi connectivity index (χ3v) is 6.73. The summed E-state index contributed by atoms with van der Waals surface area (Å²) >= 11 is 0. The lowest BCUT2D eigenvalue weighted by atomic mass is 9.85. The van der Waals surface area contributed by atoms with Crippen LogP contribution in [0.15, 0.2) is 172 Å². The van der Waals surface area contributed by atoms with Crippen LogP contribution in [-0.4, -0.2) is 0 Å². The summed E-state index contributed by atoms with van der Waals surface area (Å²) in [7, 11) is 0. The number of hydrogen-bond acceptors (Lipinski definition) is 1. The highest BCUT2D eigenvalue weighted by Crippen LogP contribution is 2.36. The Morgan fingerprint density at radius 3 is 1.92 bits per heavy atom. The van der Waals surface area contributed by atoms with Crippen LogP contribution in [-0.2, 0) is 0 Å². The van der Waals surface area contributed by atoms with Crippen molar-refractivity contribution in [3.8, 4) is 0 Å². The predicted octanol–water partition coefficient (Wildman–Crippen LogP) is 10.7. The van der Waals surface area contributed by atoms with Gasteiger partial charge in [-0.25, -0.2) is 0 Å². The van der Waals surface area contributed by atoms with Crippen molar-refractivity contribution in [2.75, 3.05) is 4.90 Å². The van der Waals surface area contributed by atoms with Gasteiger partial charge in [0, 0.05) is 28.9 Å². The largest absolute Gasteiger partial charge is 0.310 e. The van der Waals surface area contributed by atoms with Gasteiger partial charge in [0.2, 0.25) is 0 Å². The molecular weight excluding hydrogens is 470 g/mol. The molecule has 0 aliphatic carbocycles. The highest BCUT2D eigenvalue weighted by atomic mass is 15.1. The van der Waals surface area contributed by atoms with Gasteiger partial charge >= 0.3 is 0 Å². The van der Waals surface area contributed by atoms with E-state index in [0.29, 0.717) is 0 Å². The zero-order valence-electron chi connectivity index (χ0n) is 22.4. The van der Waals surface area contributed by atoms with Crippen LogP contribution >= 0.6 is 0 Å². The third kappa shape index (κ3) is 6.71. The van der Waals surface area contributed by atoms with Gasteiger partial charge in [-0.1, -0.05) is 128 Å². The molecule has 0 N–H and O–H groups in total. The van der Waals surface area contributed by atoms with E-state index in [1.165, 1.54) is 5.56 Å². The average molecular weight is 506 g/mol. The first-order chi connectivity index (χ1) is 19.2. The summed E-state index contributed by atoms with van der Waals surface area (Å²) in [6.07, 6.45) is 14.0. The van der Waals surface area contributed by atoms with E-state index in [1.807, 2.05) is 36.4 Å². The molecule has 2 unspecified atom stereocenters. The quantitative estimate of drug-likeness (QED) is 0.137. The van der Waals surface area contributed by atoms with Gasteiger partial charge in [-0.15, -0.1) is 13.2 Å². The van der Waals surface area contributed by atoms with E-state index in [0.717, 1.165) is 33.8 Å². The first-order valence-electron chi connectivity index (χ1n) is 13.2. The summed E-state index contributed by atoms with van der Waals surface area (Å²) in [5, 5.41) is 0. The highest BCUT2D eigenvalue weighted by molar-refractivity contribution is 5.82. The lowest BCUT2D eigenvalue weighted by Gasteiger charge is -2.26. The molecule has 4 aromatic rings. The number of para-hydroxylation sites is 1. The van der Waals surface area contributed by atoms with Crippen molar-refractivity contribution in [3.63, 3.8) is 0 Å². The minimum Gasteiger partial charge on any atom is -0.310 e. The van der Waals surface area contributed by atoms with Crippen LogP contribution in [0.4, 0.5) is 17.1 Å². The summed E-state index contributed by atoms with van der Waals surface area (Å²) in [5.41, 5.74) is 7.69. The van der Waals surface area contributed by atoms with E-state index in [4.69, 9.17) is 0 Å². The molecule has 0 amide bonds. The summed E-state index contributed by atoms with van der Waals surface area (Å²) in [5.74, 6) is 0.291. The Morgan fingerprint density at radius 2 is 1.28 bits per heavy atom. The molecule has 0 radical (unpaired) electrons. The molecule has 0 saturated carbocycles. The van der Waals surface area contributed by atoms with Crippen LogP contribution in [0.3, 0.4) is 0 Å². The molecule has 0 saturated heterocycles. The molecule has 0 heterocycles. The fourth-order valence-electron chi connectivity index (χ4n) is 4.78. The molecule has 0 aliphatic heterocycles. The second-order valence-electron chi connectivity index (χ2n) is 9.22. The summed E-state index contributed by atoms with van der Waals surface area (Å²) in [4.78, 5) is 2.27. The molecule has 39 heavy (non-hydrogen) atoms. The third-order valence-electron chi connectivity index (χ3n) is 6.73. The topological polar surface area (TPSA) is 3.24 Å². The second kappa shape index (κ2) is 13.6. The van der Waals surface area contributed by atoms with Gasteiger partial charge in [0.15, 0.2) is 0 Å². The molecule has 192 valence electrons. The highest BCUT2D eigenvalue weighted by Gasteiger charge is 2.16. The van der Waals surface area contributed by atoms with Crippen molar-refractivity contribution in [1.82, 2.24) is 0 Å². The van der Waals surface area contributed by atoms with E-state index in [1.54, 1.807) is 6.08 Å². The molecule has 2 atom stereocenters. The molecule has 0 spiro atoms. The summed E-state index contributed by atoms with van der Waals surface area (Å²) in [6, 6.07) is 38.0. The maximum atomic E-state index is 4.11. The van der Waals surface area contributed by atoms with Crippen LogP contribution < -0.4 is 4.90 Å². The van der Waals surface area contributed by atoms with Crippen molar-refractivity contribution in [2.45, 2.75) is 5.92 Å². The fraction of sp³-hybridized carbons (Fsp3) is 0.0526. The normalized spacial score (nSPS) is 12.9. The molecule has 0 aliphatic rings. The molecule has 0 aromatic heterocycles. The van der Waals surface area contributed by atoms with Gasteiger partial charge in [0.1, 0.15) is 0 Å². The zero-order chi connectivity index (χ0) is 27.5. The second-order valence-corrected chi connectivity index (χ2v) is 9.22. The number of nitrogens with zero attached hydrogens (tertiary/aromatic N) is 1. The van der Waals surface area contributed by atoms with Gasteiger partial charge in [0.25, 0.3) is 0 Å². The first kappa shape index (κ1) is 27.2. The van der Waals surface area contributed by atoms with Gasteiger partial charge in [0.05, 0.1) is 0 Å². The predicted molar refractivity (Wildman–Crippen MR) is 172 cm³/mol. The smallest absolute Gasteiger partial charge is 0.0467 e. The van der Waals surface area contributed by atoms with Crippen molar-refractivity contribution < 1.29 is 0 Å². The summed E-state index contributed by atoms with van der Waals surface area (Å²) in [6.45, 7) is 16.0. The van der Waals surface area contributed by atoms with E-state index in [-0.39, 0.29) is 11.8 Å². The number of benzene rings is 4. The summed E-state index contributed by atoms with van der Waals surface area (Å²) < 4.78 is 0. The van der Waals surface area contributed by atoms with E-state index in [9.17, 15) is 0 Å². The van der Waals surface area contributed by atoms with Gasteiger partial charge in [-0.05, 0) is 58.7 Å². The van der Waals surface area contributed by atoms with Gasteiger partial charge in [-0.2, -0.15) is 0 Å². The first-order valence-corrected chi connectivity index (χ1v) is 13.2. The maximum absolute atomic E-state index is 4.11. The monoisotopic (exact) mass is 505 g/mol. The number of rotatable bonds is 12. The molecular formula is C38H35N. The number of hydrogen-bond donors (Lipinski definition) is 0.